The Morgan fingerprint density at radius 3 is 2.46 bits per heavy atom. The Morgan fingerprint density at radius 1 is 1.12 bits per heavy atom. The molecule has 0 bridgehead atoms. The van der Waals surface area contributed by atoms with Gasteiger partial charge in [-0.2, -0.15) is 0 Å². The van der Waals surface area contributed by atoms with Gasteiger partial charge in [0.1, 0.15) is 19.0 Å². The van der Waals surface area contributed by atoms with Crippen LogP contribution < -0.4 is 20.9 Å². The van der Waals surface area contributed by atoms with Crippen molar-refractivity contribution in [3.8, 4) is 22.9 Å². The van der Waals surface area contributed by atoms with E-state index in [1.807, 2.05) is 36.4 Å². The van der Waals surface area contributed by atoms with E-state index in [4.69, 9.17) is 25.9 Å². The number of hydrogen-bond donors (Lipinski definition) is 2. The highest BCUT2D eigenvalue weighted by molar-refractivity contribution is 5.84. The van der Waals surface area contributed by atoms with Crippen LogP contribution in [0.1, 0.15) is 13.0 Å². The zero-order valence-corrected chi connectivity index (χ0v) is 13.5. The van der Waals surface area contributed by atoms with Crippen molar-refractivity contribution >= 4 is 16.7 Å². The number of ether oxygens (including phenoxy) is 2. The van der Waals surface area contributed by atoms with Crippen LogP contribution in [-0.2, 0) is 0 Å². The first-order chi connectivity index (χ1) is 11.7. The normalized spacial score (nSPS) is 14.8. The molecule has 0 amide bonds. The van der Waals surface area contributed by atoms with Gasteiger partial charge in [0.05, 0.1) is 11.0 Å². The molecule has 0 aliphatic carbocycles. The molecule has 0 fully saturated rings. The molecule has 6 heteroatoms. The summed E-state index contributed by atoms with van der Waals surface area (Å²) in [5.74, 6) is 2.36. The molecular weight excluding hydrogens is 304 g/mol. The van der Waals surface area contributed by atoms with Crippen LogP contribution in [0.2, 0.25) is 0 Å². The number of nitrogens with two attached hydrogens (primary N) is 2. The smallest absolute Gasteiger partial charge is 0.163 e. The second-order valence-corrected chi connectivity index (χ2v) is 6.00. The van der Waals surface area contributed by atoms with Crippen LogP contribution >= 0.6 is 0 Å². The van der Waals surface area contributed by atoms with E-state index >= 15 is 0 Å². The maximum Gasteiger partial charge on any atom is 0.163 e. The average molecular weight is 324 g/mol. The fourth-order valence-corrected chi connectivity index (χ4v) is 3.02. The lowest BCUT2D eigenvalue weighted by molar-refractivity contribution is 0.172. The molecule has 3 aromatic rings. The van der Waals surface area contributed by atoms with Crippen molar-refractivity contribution in [3.63, 3.8) is 0 Å². The van der Waals surface area contributed by atoms with Crippen LogP contribution in [0.15, 0.2) is 36.4 Å². The lowest BCUT2D eigenvalue weighted by Gasteiger charge is -2.19. The second kappa shape index (κ2) is 5.72. The number of nitrogens with zero attached hydrogens (tertiary/aromatic N) is 2. The van der Waals surface area contributed by atoms with E-state index in [0.717, 1.165) is 39.6 Å². The quantitative estimate of drug-likeness (QED) is 0.723. The van der Waals surface area contributed by atoms with E-state index in [1.165, 1.54) is 0 Å². The minimum Gasteiger partial charge on any atom is -0.486 e. The monoisotopic (exact) mass is 324 g/mol. The first-order valence-electron chi connectivity index (χ1n) is 8.05. The van der Waals surface area contributed by atoms with Crippen LogP contribution in [0.4, 0.5) is 5.69 Å². The van der Waals surface area contributed by atoms with Crippen molar-refractivity contribution in [1.82, 2.24) is 9.55 Å². The summed E-state index contributed by atoms with van der Waals surface area (Å²) in [6.07, 6.45) is 0. The van der Waals surface area contributed by atoms with Crippen molar-refractivity contribution in [2.75, 3.05) is 25.5 Å². The van der Waals surface area contributed by atoms with E-state index in [1.54, 1.807) is 0 Å². The number of anilines is 1. The molecule has 1 atom stereocenters. The van der Waals surface area contributed by atoms with Gasteiger partial charge in [-0.25, -0.2) is 4.98 Å². The SMILES string of the molecule is CC(CN)n1c(-c2ccc(N)cc2)nc2cc3c(cc21)OCCO3. The van der Waals surface area contributed by atoms with Crippen LogP contribution in [0, 0.1) is 0 Å². The zero-order valence-electron chi connectivity index (χ0n) is 13.5. The van der Waals surface area contributed by atoms with E-state index in [2.05, 4.69) is 11.5 Å². The molecule has 1 aliphatic rings. The van der Waals surface area contributed by atoms with E-state index in [9.17, 15) is 0 Å². The number of hydrogen-bond acceptors (Lipinski definition) is 5. The van der Waals surface area contributed by atoms with Crippen LogP contribution in [0.3, 0.4) is 0 Å². The number of benzene rings is 2. The summed E-state index contributed by atoms with van der Waals surface area (Å²) in [6.45, 7) is 3.72. The van der Waals surface area contributed by atoms with Gasteiger partial charge in [-0.05, 0) is 31.2 Å². The van der Waals surface area contributed by atoms with E-state index in [-0.39, 0.29) is 6.04 Å². The molecule has 0 radical (unpaired) electrons. The molecule has 1 unspecified atom stereocenters. The Hall–Kier alpha value is -2.73. The standard InChI is InChI=1S/C18H20N4O2/c1-11(10-19)22-15-9-17-16(23-6-7-24-17)8-14(15)21-18(22)12-2-4-13(20)5-3-12/h2-5,8-9,11H,6-7,10,19-20H2,1H3. The van der Waals surface area contributed by atoms with Crippen LogP contribution in [0.5, 0.6) is 11.5 Å². The van der Waals surface area contributed by atoms with Crippen LogP contribution in [0.25, 0.3) is 22.4 Å². The van der Waals surface area contributed by atoms with Crippen molar-refractivity contribution < 1.29 is 9.47 Å². The van der Waals surface area contributed by atoms with Gasteiger partial charge in [-0.3, -0.25) is 0 Å². The average Bonchev–Trinajstić information content (AvgIpc) is 2.98. The van der Waals surface area contributed by atoms with Gasteiger partial charge in [0, 0.05) is 36.0 Å². The number of aromatic nitrogens is 2. The molecule has 0 saturated carbocycles. The predicted molar refractivity (Wildman–Crippen MR) is 94.3 cm³/mol. The maximum atomic E-state index is 5.94. The summed E-state index contributed by atoms with van der Waals surface area (Å²) >= 11 is 0. The fraction of sp³-hybridized carbons (Fsp3) is 0.278. The van der Waals surface area contributed by atoms with Crippen molar-refractivity contribution in [2.45, 2.75) is 13.0 Å². The predicted octanol–water partition coefficient (Wildman–Crippen LogP) is 2.58. The van der Waals surface area contributed by atoms with Crippen molar-refractivity contribution in [2.24, 2.45) is 5.73 Å². The molecular formula is C18H20N4O2. The number of fused-ring (bicyclic) bond motifs is 2. The largest absolute Gasteiger partial charge is 0.486 e. The molecule has 0 saturated heterocycles. The summed E-state index contributed by atoms with van der Waals surface area (Å²) in [5.41, 5.74) is 15.3. The molecule has 124 valence electrons. The molecule has 0 spiro atoms. The molecule has 2 aromatic carbocycles. The molecule has 24 heavy (non-hydrogen) atoms. The molecule has 1 aliphatic heterocycles. The fourth-order valence-electron chi connectivity index (χ4n) is 3.02. The number of imidazole rings is 1. The van der Waals surface area contributed by atoms with Gasteiger partial charge in [0.2, 0.25) is 0 Å². The third-order valence-corrected chi connectivity index (χ3v) is 4.30. The second-order valence-electron chi connectivity index (χ2n) is 6.00. The maximum absolute atomic E-state index is 5.94. The topological polar surface area (TPSA) is 88.3 Å². The first kappa shape index (κ1) is 14.8. The van der Waals surface area contributed by atoms with Gasteiger partial charge in [-0.1, -0.05) is 0 Å². The minimum atomic E-state index is 0.102. The van der Waals surface area contributed by atoms with Crippen molar-refractivity contribution in [3.05, 3.63) is 36.4 Å². The summed E-state index contributed by atoms with van der Waals surface area (Å²) < 4.78 is 13.5. The molecule has 4 rings (SSSR count). The first-order valence-corrected chi connectivity index (χ1v) is 8.05. The van der Waals surface area contributed by atoms with Gasteiger partial charge >= 0.3 is 0 Å². The molecule has 2 heterocycles. The van der Waals surface area contributed by atoms with Gasteiger partial charge in [0.25, 0.3) is 0 Å². The Balaban J connectivity index is 1.96. The number of rotatable bonds is 3. The minimum absolute atomic E-state index is 0.102. The third-order valence-electron chi connectivity index (χ3n) is 4.30. The van der Waals surface area contributed by atoms with Gasteiger partial charge in [-0.15, -0.1) is 0 Å². The summed E-state index contributed by atoms with van der Waals surface area (Å²) in [5, 5.41) is 0. The lowest BCUT2D eigenvalue weighted by atomic mass is 10.2. The Kier molecular flexibility index (Phi) is 3.54. The lowest BCUT2D eigenvalue weighted by Crippen LogP contribution is -2.17. The van der Waals surface area contributed by atoms with Crippen LogP contribution in [-0.4, -0.2) is 29.3 Å². The Labute approximate surface area is 140 Å². The Bertz CT molecular complexity index is 886. The molecule has 6 nitrogen and oxygen atoms in total. The van der Waals surface area contributed by atoms with E-state index in [0.29, 0.717) is 19.8 Å². The number of nitrogen functional groups attached to an aromatic ring is 1. The molecule has 1 aromatic heterocycles. The summed E-state index contributed by atoms with van der Waals surface area (Å²) in [7, 11) is 0. The molecule has 4 N–H and O–H groups in total. The Morgan fingerprint density at radius 2 is 1.79 bits per heavy atom. The summed E-state index contributed by atoms with van der Waals surface area (Å²) in [4.78, 5) is 4.82. The third kappa shape index (κ3) is 2.35. The van der Waals surface area contributed by atoms with Gasteiger partial charge < -0.3 is 25.5 Å². The van der Waals surface area contributed by atoms with Crippen molar-refractivity contribution in [1.29, 1.82) is 0 Å². The van der Waals surface area contributed by atoms with E-state index < -0.39 is 0 Å². The zero-order chi connectivity index (χ0) is 16.7. The highest BCUT2D eigenvalue weighted by atomic mass is 16.6. The van der Waals surface area contributed by atoms with Gasteiger partial charge in [0.15, 0.2) is 11.5 Å². The summed E-state index contributed by atoms with van der Waals surface area (Å²) in [6, 6.07) is 11.7. The highest BCUT2D eigenvalue weighted by Crippen LogP contribution is 2.37. The highest BCUT2D eigenvalue weighted by Gasteiger charge is 2.21.